The second-order valence-electron chi connectivity index (χ2n) is 11.3. The second kappa shape index (κ2) is 12.4. The highest BCUT2D eigenvalue weighted by Gasteiger charge is 2.38. The van der Waals surface area contributed by atoms with E-state index in [-0.39, 0.29) is 39.3 Å². The fraction of sp³-hybridized carbons (Fsp3) is 0.273. The zero-order valence-electron chi connectivity index (χ0n) is 23.6. The number of nitro groups is 2. The Morgan fingerprint density at radius 1 is 0.682 bits per heavy atom. The van der Waals surface area contributed by atoms with Crippen molar-refractivity contribution in [2.45, 2.75) is 43.7 Å². The van der Waals surface area contributed by atoms with Gasteiger partial charge in [0.25, 0.3) is 11.4 Å². The maximum Gasteiger partial charge on any atom is 0.288 e. The molecule has 0 aliphatic carbocycles. The molecule has 4 aromatic rings. The summed E-state index contributed by atoms with van der Waals surface area (Å²) < 4.78 is 15.9. The number of anilines is 2. The van der Waals surface area contributed by atoms with Crippen LogP contribution in [0.4, 0.5) is 27.1 Å². The second-order valence-corrected chi connectivity index (χ2v) is 12.1. The number of halogens is 3. The van der Waals surface area contributed by atoms with E-state index in [9.17, 15) is 20.2 Å². The first-order chi connectivity index (χ1) is 21.2. The van der Waals surface area contributed by atoms with Gasteiger partial charge in [0.05, 0.1) is 27.6 Å². The van der Waals surface area contributed by atoms with E-state index in [0.717, 1.165) is 25.9 Å². The summed E-state index contributed by atoms with van der Waals surface area (Å²) in [7, 11) is 0. The molecule has 2 aliphatic heterocycles. The SMILES string of the molecule is O=[N+]([O-])c1cc(C2CCC(c3ccc(Cl)c([N+](=O)[O-])c3)N2c2ccc(N3CCC(c4ccccc4)CC3)c(F)c2)ccc1Cl. The van der Waals surface area contributed by atoms with E-state index < -0.39 is 9.85 Å². The van der Waals surface area contributed by atoms with Gasteiger partial charge in [-0.25, -0.2) is 4.39 Å². The molecule has 11 heteroatoms. The van der Waals surface area contributed by atoms with Gasteiger partial charge in [-0.3, -0.25) is 20.2 Å². The third kappa shape index (κ3) is 5.81. The summed E-state index contributed by atoms with van der Waals surface area (Å²) in [5.41, 5.74) is 3.29. The highest BCUT2D eigenvalue weighted by atomic mass is 35.5. The summed E-state index contributed by atoms with van der Waals surface area (Å²) in [6.07, 6.45) is 3.00. The van der Waals surface area contributed by atoms with Crippen molar-refractivity contribution in [1.29, 1.82) is 0 Å². The Kier molecular flexibility index (Phi) is 8.42. The first-order valence-electron chi connectivity index (χ1n) is 14.5. The minimum atomic E-state index is -0.527. The van der Waals surface area contributed by atoms with Crippen molar-refractivity contribution >= 4 is 46.0 Å². The van der Waals surface area contributed by atoms with Crippen LogP contribution in [0.5, 0.6) is 0 Å². The lowest BCUT2D eigenvalue weighted by molar-refractivity contribution is -0.384. The van der Waals surface area contributed by atoms with Crippen molar-refractivity contribution in [3.63, 3.8) is 0 Å². The molecule has 0 saturated carbocycles. The van der Waals surface area contributed by atoms with Crippen LogP contribution >= 0.6 is 23.2 Å². The zero-order valence-corrected chi connectivity index (χ0v) is 25.1. The molecular formula is C33H29Cl2FN4O4. The standard InChI is InChI=1S/C33H29Cl2FN4O4/c34-26-9-6-23(18-32(26)39(41)42)29-12-13-30(24-7-10-27(35)33(19-24)40(43)44)38(29)25-8-11-31(28(36)20-25)37-16-14-22(15-17-37)21-4-2-1-3-5-21/h1-11,18-20,22,29-30H,12-17H2. The molecule has 6 rings (SSSR count). The maximum atomic E-state index is 15.9. The van der Waals surface area contributed by atoms with Crippen LogP contribution in [0.15, 0.2) is 84.9 Å². The lowest BCUT2D eigenvalue weighted by atomic mass is 9.89. The molecule has 2 atom stereocenters. The normalized spacial score (nSPS) is 18.9. The van der Waals surface area contributed by atoms with Gasteiger partial charge in [0.2, 0.25) is 0 Å². The number of nitrogens with zero attached hydrogens (tertiary/aromatic N) is 4. The molecule has 4 aromatic carbocycles. The molecule has 0 spiro atoms. The van der Waals surface area contributed by atoms with Crippen LogP contribution < -0.4 is 9.80 Å². The van der Waals surface area contributed by atoms with E-state index in [0.29, 0.717) is 41.3 Å². The highest BCUT2D eigenvalue weighted by Crippen LogP contribution is 2.49. The van der Waals surface area contributed by atoms with E-state index in [1.165, 1.54) is 35.9 Å². The van der Waals surface area contributed by atoms with Crippen molar-refractivity contribution in [2.75, 3.05) is 22.9 Å². The minimum Gasteiger partial charge on any atom is -0.369 e. The Bertz CT molecular complexity index is 1640. The van der Waals surface area contributed by atoms with E-state index in [1.807, 2.05) is 29.2 Å². The minimum absolute atomic E-state index is 0.0274. The lowest BCUT2D eigenvalue weighted by Gasteiger charge is -2.36. The molecule has 0 N–H and O–H groups in total. The van der Waals surface area contributed by atoms with Crippen LogP contribution in [0.1, 0.15) is 60.4 Å². The van der Waals surface area contributed by atoms with Gasteiger partial charge in [-0.1, -0.05) is 65.7 Å². The molecular weight excluding hydrogens is 606 g/mol. The van der Waals surface area contributed by atoms with Crippen LogP contribution in [0.2, 0.25) is 10.0 Å². The quantitative estimate of drug-likeness (QED) is 0.148. The third-order valence-corrected chi connectivity index (χ3v) is 9.46. The van der Waals surface area contributed by atoms with Crippen LogP contribution in [-0.4, -0.2) is 22.9 Å². The van der Waals surface area contributed by atoms with Gasteiger partial charge in [0, 0.05) is 30.9 Å². The monoisotopic (exact) mass is 634 g/mol. The van der Waals surface area contributed by atoms with E-state index in [1.54, 1.807) is 18.2 Å². The fourth-order valence-electron chi connectivity index (χ4n) is 6.67. The van der Waals surface area contributed by atoms with Gasteiger partial charge in [0.15, 0.2) is 0 Å². The van der Waals surface area contributed by atoms with Crippen LogP contribution in [0.25, 0.3) is 0 Å². The molecule has 44 heavy (non-hydrogen) atoms. The Labute approximate surface area is 263 Å². The molecule has 0 amide bonds. The van der Waals surface area contributed by atoms with Crippen molar-refractivity contribution in [3.05, 3.63) is 138 Å². The average Bonchev–Trinajstić information content (AvgIpc) is 3.47. The summed E-state index contributed by atoms with van der Waals surface area (Å²) in [4.78, 5) is 26.4. The predicted molar refractivity (Wildman–Crippen MR) is 170 cm³/mol. The van der Waals surface area contributed by atoms with Crippen LogP contribution in [-0.2, 0) is 0 Å². The molecule has 8 nitrogen and oxygen atoms in total. The van der Waals surface area contributed by atoms with Gasteiger partial charge in [-0.15, -0.1) is 0 Å². The van der Waals surface area contributed by atoms with Gasteiger partial charge >= 0.3 is 0 Å². The summed E-state index contributed by atoms with van der Waals surface area (Å²) >= 11 is 12.2. The molecule has 0 bridgehead atoms. The molecule has 2 aliphatic rings. The summed E-state index contributed by atoms with van der Waals surface area (Å²) in [5.74, 6) is 0.0713. The van der Waals surface area contributed by atoms with E-state index >= 15 is 4.39 Å². The van der Waals surface area contributed by atoms with Crippen molar-refractivity contribution in [1.82, 2.24) is 0 Å². The largest absolute Gasteiger partial charge is 0.369 e. The number of hydrogen-bond donors (Lipinski definition) is 0. The van der Waals surface area contributed by atoms with Crippen LogP contribution in [0, 0.1) is 26.0 Å². The Morgan fingerprint density at radius 2 is 1.23 bits per heavy atom. The summed E-state index contributed by atoms with van der Waals surface area (Å²) in [5, 5.41) is 23.4. The van der Waals surface area contributed by atoms with E-state index in [4.69, 9.17) is 23.2 Å². The number of hydrogen-bond acceptors (Lipinski definition) is 6. The van der Waals surface area contributed by atoms with Gasteiger partial charge in [-0.05, 0) is 78.6 Å². The van der Waals surface area contributed by atoms with Gasteiger partial charge < -0.3 is 9.80 Å². The van der Waals surface area contributed by atoms with E-state index in [2.05, 4.69) is 17.0 Å². The molecule has 2 heterocycles. The lowest BCUT2D eigenvalue weighted by Crippen LogP contribution is -2.33. The molecule has 0 aromatic heterocycles. The molecule has 2 fully saturated rings. The zero-order chi connectivity index (χ0) is 31.0. The third-order valence-electron chi connectivity index (χ3n) is 8.82. The van der Waals surface area contributed by atoms with Crippen molar-refractivity contribution < 1.29 is 14.2 Å². The van der Waals surface area contributed by atoms with Gasteiger partial charge in [-0.2, -0.15) is 0 Å². The summed E-state index contributed by atoms with van der Waals surface area (Å²) in [6.45, 7) is 1.46. The first kappa shape index (κ1) is 29.8. The Morgan fingerprint density at radius 3 is 1.73 bits per heavy atom. The highest BCUT2D eigenvalue weighted by molar-refractivity contribution is 6.33. The Hall–Kier alpha value is -4.21. The summed E-state index contributed by atoms with van der Waals surface area (Å²) in [6, 6.07) is 24.2. The van der Waals surface area contributed by atoms with Gasteiger partial charge in [0.1, 0.15) is 15.9 Å². The maximum absolute atomic E-state index is 15.9. The molecule has 2 unspecified atom stereocenters. The first-order valence-corrected chi connectivity index (χ1v) is 15.2. The van der Waals surface area contributed by atoms with Crippen molar-refractivity contribution in [2.24, 2.45) is 0 Å². The fourth-order valence-corrected chi connectivity index (χ4v) is 7.04. The number of piperidine rings is 1. The number of benzene rings is 4. The van der Waals surface area contributed by atoms with Crippen molar-refractivity contribution in [3.8, 4) is 0 Å². The topological polar surface area (TPSA) is 92.8 Å². The number of nitro benzene ring substituents is 2. The average molecular weight is 636 g/mol. The molecule has 2 saturated heterocycles. The predicted octanol–water partition coefficient (Wildman–Crippen LogP) is 9.42. The molecule has 226 valence electrons. The van der Waals surface area contributed by atoms with Crippen LogP contribution in [0.3, 0.4) is 0 Å². The molecule has 0 radical (unpaired) electrons. The Balaban J connectivity index is 1.34. The smallest absolute Gasteiger partial charge is 0.288 e. The number of rotatable bonds is 7.